The van der Waals surface area contributed by atoms with Crippen molar-refractivity contribution in [2.75, 3.05) is 0 Å². The molecule has 0 spiro atoms. The Morgan fingerprint density at radius 1 is 0.409 bits per heavy atom. The number of thiol groups is 1. The van der Waals surface area contributed by atoms with E-state index >= 15 is 0 Å². The molecule has 0 atom stereocenters. The maximum atomic E-state index is 13.5. The summed E-state index contributed by atoms with van der Waals surface area (Å²) in [7, 11) is 2.91. The number of carboxylic acids is 1. The SMILES string of the molecule is CC1(C)OB(B2OC(C)(C)C(C)(C)O2)OC1(C)C.CC1(C)OB(c2ccc(CNC(=O)c3cccn(Cc4ccc(F)c(F)c4)c3=O)s2)OC1(C)C.NCc1cccs1.O=C(NCc1ccc(Br)s1)c1cccn(Cc2ccc(F)c(F)c2)c1=O.O=C(NCc1cccs1)c1cccn(Cc2ccc(F)c(F)c2)c1=O.O=C(O)c1cccn(Cc2ccc(F)c(F)c2)c1=O.[B]=NS. The second kappa shape index (κ2) is 46.4. The Morgan fingerprint density at radius 2 is 0.697 bits per heavy atom. The molecule has 11 heterocycles. The van der Waals surface area contributed by atoms with Crippen LogP contribution in [0.25, 0.3) is 0 Å². The third-order valence-electron chi connectivity index (χ3n) is 21.6. The number of aromatic nitrogens is 4. The van der Waals surface area contributed by atoms with Gasteiger partial charge in [-0.2, -0.15) is 0 Å². The molecule has 42 heteroatoms. The molecule has 3 amide bonds. The Kier molecular flexibility index (Phi) is 36.9. The molecule has 3 aliphatic heterocycles. The van der Waals surface area contributed by atoms with E-state index in [4.69, 9.17) is 38.8 Å². The van der Waals surface area contributed by atoms with Gasteiger partial charge in [-0.05, 0) is 259 Å². The van der Waals surface area contributed by atoms with E-state index < -0.39 is 125 Å². The first-order valence-electron chi connectivity index (χ1n) is 40.5. The number of hydrogen-bond acceptors (Lipinski definition) is 21. The van der Waals surface area contributed by atoms with Crippen LogP contribution in [0, 0.1) is 46.5 Å². The van der Waals surface area contributed by atoms with Crippen LogP contribution in [0.4, 0.5) is 35.1 Å². The molecule has 4 aromatic carbocycles. The fraction of sp³-hybridized carbons (Fsp3) is 0.289. The summed E-state index contributed by atoms with van der Waals surface area (Å²) >= 11 is 12.7. The number of nitrogens with one attached hydrogen (secondary N) is 3. The van der Waals surface area contributed by atoms with Gasteiger partial charge >= 0.3 is 51.9 Å². The van der Waals surface area contributed by atoms with Gasteiger partial charge in [-0.3, -0.25) is 33.6 Å². The molecule has 3 aliphatic rings. The molecule has 12 aromatic rings. The molecule has 15 rings (SSSR count). The predicted octanol–water partition coefficient (Wildman–Crippen LogP) is 16.1. The van der Waals surface area contributed by atoms with Gasteiger partial charge in [-0.25, -0.2) is 39.9 Å². The number of nitrogens with zero attached hydrogens (tertiary/aromatic N) is 5. The van der Waals surface area contributed by atoms with Gasteiger partial charge in [-0.15, -0.1) is 45.3 Å². The molecule has 3 fully saturated rings. The van der Waals surface area contributed by atoms with Gasteiger partial charge in [0.25, 0.3) is 40.0 Å². The van der Waals surface area contributed by atoms with Crippen molar-refractivity contribution in [2.45, 2.75) is 169 Å². The number of hydrogen-bond donors (Lipinski definition) is 6. The minimum atomic E-state index is -1.33. The van der Waals surface area contributed by atoms with Crippen LogP contribution in [0.1, 0.15) is 166 Å². The first-order chi connectivity index (χ1) is 62.2. The van der Waals surface area contributed by atoms with Crippen molar-refractivity contribution < 1.29 is 87.3 Å². The average molecular weight is 1980 g/mol. The normalized spacial score (nSPS) is 14.8. The van der Waals surface area contributed by atoms with Crippen molar-refractivity contribution in [1.29, 1.82) is 0 Å². The van der Waals surface area contributed by atoms with Crippen LogP contribution in [0.3, 0.4) is 0 Å². The van der Waals surface area contributed by atoms with E-state index in [-0.39, 0.29) is 77.4 Å². The third kappa shape index (κ3) is 28.3. The van der Waals surface area contributed by atoms with Crippen molar-refractivity contribution in [3.63, 3.8) is 0 Å². The third-order valence-corrected chi connectivity index (χ3v) is 26.1. The zero-order valence-electron chi connectivity index (χ0n) is 73.6. The fourth-order valence-corrected chi connectivity index (χ4v) is 15.9. The predicted molar refractivity (Wildman–Crippen MR) is 503 cm³/mol. The number of halogens is 9. The number of rotatable bonds is 21. The van der Waals surface area contributed by atoms with Crippen LogP contribution in [0.15, 0.2) is 233 Å². The molecular formula is C90H93B4BrF8N9O15S5. The van der Waals surface area contributed by atoms with E-state index in [1.165, 1.54) is 132 Å². The van der Waals surface area contributed by atoms with Crippen LogP contribution in [0.5, 0.6) is 0 Å². The molecule has 8 aromatic heterocycles. The number of aromatic carboxylic acids is 1. The van der Waals surface area contributed by atoms with E-state index in [0.29, 0.717) is 41.9 Å². The van der Waals surface area contributed by atoms with Gasteiger partial charge in [0.1, 0.15) is 22.3 Å². The van der Waals surface area contributed by atoms with Crippen LogP contribution >= 0.6 is 74.1 Å². The van der Waals surface area contributed by atoms with Crippen molar-refractivity contribution in [2.24, 2.45) is 10.0 Å². The molecule has 3 saturated heterocycles. The van der Waals surface area contributed by atoms with Crippen LogP contribution in [-0.4, -0.2) is 109 Å². The Balaban J connectivity index is 0.000000183. The second-order valence-electron chi connectivity index (χ2n) is 32.6. The number of nitrogens with two attached hydrogens (primary N) is 1. The summed E-state index contributed by atoms with van der Waals surface area (Å²) in [5.41, 5.74) is 1.99. The van der Waals surface area contributed by atoms with Crippen LogP contribution in [0.2, 0.25) is 0 Å². The first-order valence-corrected chi connectivity index (χ1v) is 45.1. The minimum absolute atomic E-state index is 0.00152. The maximum absolute atomic E-state index is 13.5. The van der Waals surface area contributed by atoms with Crippen molar-refractivity contribution in [3.05, 3.63) is 361 Å². The number of amides is 3. The summed E-state index contributed by atoms with van der Waals surface area (Å²) in [6, 6.07) is 40.5. The first kappa shape index (κ1) is 105. The van der Waals surface area contributed by atoms with Crippen LogP contribution < -0.4 is 48.7 Å². The van der Waals surface area contributed by atoms with E-state index in [1.54, 1.807) is 29.5 Å². The molecule has 0 aliphatic carbocycles. The number of carbonyl (C=O) groups is 4. The monoisotopic (exact) mass is 1970 g/mol. The molecule has 0 saturated carbocycles. The molecule has 1 radical (unpaired) electrons. The molecule has 0 bridgehead atoms. The van der Waals surface area contributed by atoms with Gasteiger partial charge in [0.2, 0.25) is 0 Å². The zero-order valence-corrected chi connectivity index (χ0v) is 79.3. The van der Waals surface area contributed by atoms with Crippen molar-refractivity contribution >= 4 is 131 Å². The van der Waals surface area contributed by atoms with Gasteiger partial charge in [0.05, 0.1) is 83.2 Å². The summed E-state index contributed by atoms with van der Waals surface area (Å²) in [6.07, 6.45) is 5.88. The molecule has 132 heavy (non-hydrogen) atoms. The summed E-state index contributed by atoms with van der Waals surface area (Å²) in [6.45, 7) is 25.8. The van der Waals surface area contributed by atoms with Gasteiger partial charge in [0, 0.05) is 55.6 Å². The number of benzene rings is 4. The summed E-state index contributed by atoms with van der Waals surface area (Å²) in [5.74, 6) is -10.6. The Bertz CT molecular complexity index is 6220. The standard InChI is InChI=1S/C24H25BF2N2O4S.C18H13BrF2N2O2S.C18H14F2N2O2S.C13H9F2NO3.C12H24B2O4.C5H7NS.BHNS/c1-23(2)24(3,4)33-25(32-23)20-10-8-16(34-20)13-28-21(30)17-6-5-11-29(22(17)31)14-15-7-9-18(26)19(27)12-15;19-16-6-4-12(26-16)9-22-17(24)13-2-1-7-23(18(13)25)10-11-3-5-14(20)15(21)8-11;19-15-6-5-12(9-16(15)20)11-22-7-1-4-14(18(22)24)17(23)21-10-13-3-2-8-25-13;14-10-4-3-8(6-11(10)15)7-16-5-1-2-9(12(16)17)13(18)19;1-9(2)10(3,4)16-13(15-9)14-17-11(5,6)12(7,8)18-14;6-4-5-2-1-3-7-5;1-2-3/h5-12H,13-14H2,1-4H3,(H,28,30);1-8H,9-10H2,(H,22,24);1-9H,10-11H2,(H,21,23);1-6H,7H2,(H,18,19);1-8H3;1-3H,4,6H2;3H. The van der Waals surface area contributed by atoms with Gasteiger partial charge in [0.15, 0.2) is 46.5 Å². The van der Waals surface area contributed by atoms with E-state index in [2.05, 4.69) is 56.6 Å². The molecule has 693 valence electrons. The van der Waals surface area contributed by atoms with Crippen molar-refractivity contribution in [3.8, 4) is 0 Å². The fourth-order valence-electron chi connectivity index (χ4n) is 12.3. The summed E-state index contributed by atoms with van der Waals surface area (Å²) in [4.78, 5) is 102. The molecule has 0 unspecified atom stereocenters. The van der Waals surface area contributed by atoms with Crippen LogP contribution in [-0.2, 0) is 80.3 Å². The van der Waals surface area contributed by atoms with Gasteiger partial charge in [-0.1, -0.05) is 42.5 Å². The van der Waals surface area contributed by atoms with Crippen molar-refractivity contribution in [1.82, 2.24) is 34.2 Å². The van der Waals surface area contributed by atoms with E-state index in [9.17, 15) is 73.5 Å². The Hall–Kier alpha value is -10.6. The average Bonchev–Trinajstić information content (AvgIpc) is 1.60. The van der Waals surface area contributed by atoms with Gasteiger partial charge < -0.3 is 73.0 Å². The molecular weight excluding hydrogens is 1880 g/mol. The second-order valence-corrected chi connectivity index (χ2v) is 38.6. The zero-order chi connectivity index (χ0) is 97.0. The van der Waals surface area contributed by atoms with E-state index in [0.717, 1.165) is 76.3 Å². The summed E-state index contributed by atoms with van der Waals surface area (Å²) < 4.78 is 151. The number of pyridine rings is 4. The number of carboxylic acid groups (broad SMARTS) is 1. The number of carbonyl (C=O) groups excluding carboxylic acids is 3. The number of thiophene rings is 4. The van der Waals surface area contributed by atoms with E-state index in [1.807, 2.05) is 142 Å². The quantitative estimate of drug-likeness (QED) is 0.0221. The topological polar surface area (TPSA) is 306 Å². The summed E-state index contributed by atoms with van der Waals surface area (Å²) in [5, 5.41) is 20.9. The Morgan fingerprint density at radius 3 is 0.977 bits per heavy atom. The molecule has 24 nitrogen and oxygen atoms in total. The Labute approximate surface area is 787 Å². The molecule has 6 N–H and O–H groups in total.